The SMILES string of the molecule is C#CCC(C)NC(=O)C1C2C3CCC(C3)C12. The first-order valence-corrected chi connectivity index (χ1v) is 6.46. The maximum atomic E-state index is 12.0. The highest BCUT2D eigenvalue weighted by Gasteiger charge is 2.67. The van der Waals surface area contributed by atoms with Crippen LogP contribution in [0, 0.1) is 41.9 Å². The van der Waals surface area contributed by atoms with Crippen molar-refractivity contribution in [3.63, 3.8) is 0 Å². The highest BCUT2D eigenvalue weighted by atomic mass is 16.2. The second-order valence-corrected chi connectivity index (χ2v) is 5.83. The van der Waals surface area contributed by atoms with E-state index in [1.54, 1.807) is 0 Å². The molecule has 0 spiro atoms. The van der Waals surface area contributed by atoms with Crippen molar-refractivity contribution < 1.29 is 4.79 Å². The first kappa shape index (κ1) is 10.2. The molecule has 3 saturated carbocycles. The molecule has 0 aromatic heterocycles. The number of hydrogen-bond donors (Lipinski definition) is 1. The van der Waals surface area contributed by atoms with E-state index in [9.17, 15) is 4.79 Å². The number of terminal acetylenes is 1. The lowest BCUT2D eigenvalue weighted by molar-refractivity contribution is -0.123. The summed E-state index contributed by atoms with van der Waals surface area (Å²) in [6, 6.07) is 0.136. The zero-order chi connectivity index (χ0) is 11.3. The first-order chi connectivity index (χ1) is 7.72. The summed E-state index contributed by atoms with van der Waals surface area (Å²) in [5.74, 6) is 6.41. The van der Waals surface area contributed by atoms with Gasteiger partial charge >= 0.3 is 0 Å². The Hall–Kier alpha value is -0.970. The molecule has 2 nitrogen and oxygen atoms in total. The molecule has 1 N–H and O–H groups in total. The fourth-order valence-corrected chi connectivity index (χ4v) is 4.24. The summed E-state index contributed by atoms with van der Waals surface area (Å²) in [6.45, 7) is 1.99. The largest absolute Gasteiger partial charge is 0.352 e. The molecule has 0 aromatic rings. The minimum atomic E-state index is 0.136. The van der Waals surface area contributed by atoms with Crippen molar-refractivity contribution in [2.75, 3.05) is 0 Å². The minimum Gasteiger partial charge on any atom is -0.352 e. The van der Waals surface area contributed by atoms with Crippen LogP contribution in [-0.4, -0.2) is 11.9 Å². The predicted octanol–water partition coefficient (Wildman–Crippen LogP) is 1.81. The van der Waals surface area contributed by atoms with Crippen molar-refractivity contribution in [1.82, 2.24) is 5.32 Å². The van der Waals surface area contributed by atoms with Crippen molar-refractivity contribution in [1.29, 1.82) is 0 Å². The Morgan fingerprint density at radius 1 is 1.44 bits per heavy atom. The van der Waals surface area contributed by atoms with Crippen LogP contribution in [0.25, 0.3) is 0 Å². The van der Waals surface area contributed by atoms with E-state index in [-0.39, 0.29) is 11.9 Å². The third kappa shape index (κ3) is 1.38. The van der Waals surface area contributed by atoms with Gasteiger partial charge in [0.2, 0.25) is 5.91 Å². The Balaban J connectivity index is 1.57. The first-order valence-electron chi connectivity index (χ1n) is 6.46. The standard InChI is InChI=1S/C14H19NO/c1-3-4-8(2)15-14(16)13-11-9-5-6-10(7-9)12(11)13/h1,8-13H,4-7H2,2H3,(H,15,16). The molecule has 3 fully saturated rings. The monoisotopic (exact) mass is 217 g/mol. The molecule has 0 aromatic carbocycles. The van der Waals surface area contributed by atoms with Crippen molar-refractivity contribution in [2.45, 2.75) is 38.6 Å². The molecule has 5 unspecified atom stereocenters. The van der Waals surface area contributed by atoms with Gasteiger partial charge in [0.1, 0.15) is 0 Å². The summed E-state index contributed by atoms with van der Waals surface area (Å²) in [5, 5.41) is 3.06. The maximum Gasteiger partial charge on any atom is 0.223 e. The number of amides is 1. The second kappa shape index (κ2) is 3.52. The molecule has 2 bridgehead atoms. The van der Waals surface area contributed by atoms with Crippen LogP contribution in [0.3, 0.4) is 0 Å². The molecule has 1 amide bonds. The number of fused-ring (bicyclic) bond motifs is 5. The summed E-state index contributed by atoms with van der Waals surface area (Å²) >= 11 is 0. The molecule has 3 rings (SSSR count). The second-order valence-electron chi connectivity index (χ2n) is 5.83. The van der Waals surface area contributed by atoms with Crippen LogP contribution in [0.4, 0.5) is 0 Å². The van der Waals surface area contributed by atoms with Gasteiger partial charge in [-0.1, -0.05) is 0 Å². The molecule has 3 aliphatic carbocycles. The Morgan fingerprint density at radius 3 is 2.62 bits per heavy atom. The normalized spacial score (nSPS) is 44.6. The predicted molar refractivity (Wildman–Crippen MR) is 62.4 cm³/mol. The highest BCUT2D eigenvalue weighted by molar-refractivity contribution is 5.83. The smallest absolute Gasteiger partial charge is 0.223 e. The topological polar surface area (TPSA) is 29.1 Å². The van der Waals surface area contributed by atoms with E-state index >= 15 is 0 Å². The Labute approximate surface area is 97.2 Å². The van der Waals surface area contributed by atoms with Gasteiger partial charge < -0.3 is 5.32 Å². The Morgan fingerprint density at radius 2 is 2.06 bits per heavy atom. The summed E-state index contributed by atoms with van der Waals surface area (Å²) in [4.78, 5) is 12.0. The van der Waals surface area contributed by atoms with E-state index in [4.69, 9.17) is 6.42 Å². The molecule has 0 radical (unpaired) electrons. The fraction of sp³-hybridized carbons (Fsp3) is 0.786. The molecule has 5 atom stereocenters. The summed E-state index contributed by atoms with van der Waals surface area (Å²) in [7, 11) is 0. The van der Waals surface area contributed by atoms with Crippen molar-refractivity contribution >= 4 is 5.91 Å². The molecular formula is C14H19NO. The number of rotatable bonds is 3. The zero-order valence-corrected chi connectivity index (χ0v) is 9.78. The van der Waals surface area contributed by atoms with Gasteiger partial charge in [-0.2, -0.15) is 0 Å². The van der Waals surface area contributed by atoms with Crippen LogP contribution in [0.15, 0.2) is 0 Å². The quantitative estimate of drug-likeness (QED) is 0.718. The highest BCUT2D eigenvalue weighted by Crippen LogP contribution is 2.69. The van der Waals surface area contributed by atoms with E-state index in [2.05, 4.69) is 11.2 Å². The van der Waals surface area contributed by atoms with Gasteiger partial charge in [-0.15, -0.1) is 12.3 Å². The van der Waals surface area contributed by atoms with Gasteiger partial charge in [0.25, 0.3) is 0 Å². The van der Waals surface area contributed by atoms with Crippen LogP contribution in [0.5, 0.6) is 0 Å². The van der Waals surface area contributed by atoms with E-state index in [1.807, 2.05) is 6.92 Å². The van der Waals surface area contributed by atoms with Gasteiger partial charge in [-0.25, -0.2) is 0 Å². The number of carbonyl (C=O) groups excluding carboxylic acids is 1. The van der Waals surface area contributed by atoms with Gasteiger partial charge in [0, 0.05) is 18.4 Å². The molecule has 0 heterocycles. The number of carbonyl (C=O) groups is 1. The average molecular weight is 217 g/mol. The lowest BCUT2D eigenvalue weighted by Crippen LogP contribution is -2.34. The minimum absolute atomic E-state index is 0.136. The van der Waals surface area contributed by atoms with Gasteiger partial charge in [0.15, 0.2) is 0 Å². The van der Waals surface area contributed by atoms with Crippen LogP contribution in [0.1, 0.15) is 32.6 Å². The average Bonchev–Trinajstić information content (AvgIpc) is 2.69. The maximum absolute atomic E-state index is 12.0. The zero-order valence-electron chi connectivity index (χ0n) is 9.78. The van der Waals surface area contributed by atoms with Crippen LogP contribution >= 0.6 is 0 Å². The van der Waals surface area contributed by atoms with E-state index in [1.165, 1.54) is 19.3 Å². The Kier molecular flexibility index (Phi) is 2.24. The van der Waals surface area contributed by atoms with Crippen LogP contribution in [0.2, 0.25) is 0 Å². The summed E-state index contributed by atoms with van der Waals surface area (Å²) < 4.78 is 0. The molecule has 86 valence electrons. The van der Waals surface area contributed by atoms with Crippen molar-refractivity contribution in [2.24, 2.45) is 29.6 Å². The van der Waals surface area contributed by atoms with Gasteiger partial charge in [-0.05, 0) is 49.9 Å². The van der Waals surface area contributed by atoms with Crippen molar-refractivity contribution in [3.8, 4) is 12.3 Å². The van der Waals surface area contributed by atoms with E-state index in [0.29, 0.717) is 12.3 Å². The molecule has 16 heavy (non-hydrogen) atoms. The van der Waals surface area contributed by atoms with Crippen LogP contribution in [-0.2, 0) is 4.79 Å². The Bertz CT molecular complexity index is 340. The summed E-state index contributed by atoms with van der Waals surface area (Å²) in [6.07, 6.45) is 10.0. The van der Waals surface area contributed by atoms with Crippen LogP contribution < -0.4 is 5.32 Å². The molecule has 3 aliphatic rings. The van der Waals surface area contributed by atoms with Gasteiger partial charge in [-0.3, -0.25) is 4.79 Å². The number of hydrogen-bond acceptors (Lipinski definition) is 1. The lowest BCUT2D eigenvalue weighted by atomic mass is 10.0. The lowest BCUT2D eigenvalue weighted by Gasteiger charge is -2.13. The van der Waals surface area contributed by atoms with Gasteiger partial charge in [0.05, 0.1) is 0 Å². The third-order valence-corrected chi connectivity index (χ3v) is 4.85. The molecule has 0 saturated heterocycles. The van der Waals surface area contributed by atoms with Crippen molar-refractivity contribution in [3.05, 3.63) is 0 Å². The summed E-state index contributed by atoms with van der Waals surface area (Å²) in [5.41, 5.74) is 0. The van der Waals surface area contributed by atoms with E-state index < -0.39 is 0 Å². The van der Waals surface area contributed by atoms with E-state index in [0.717, 1.165) is 23.7 Å². The fourth-order valence-electron chi connectivity index (χ4n) is 4.24. The molecule has 2 heteroatoms. The third-order valence-electron chi connectivity index (χ3n) is 4.85. The molecule has 0 aliphatic heterocycles. The number of nitrogens with one attached hydrogen (secondary N) is 1. The molecular weight excluding hydrogens is 198 g/mol.